The van der Waals surface area contributed by atoms with Crippen LogP contribution in [0.5, 0.6) is 0 Å². The molecule has 130 valence electrons. The molecule has 2 atom stereocenters. The van der Waals surface area contributed by atoms with Gasteiger partial charge in [0.25, 0.3) is 0 Å². The number of aryl methyl sites for hydroxylation is 1. The van der Waals surface area contributed by atoms with Crippen LogP contribution in [-0.4, -0.2) is 45.4 Å². The summed E-state index contributed by atoms with van der Waals surface area (Å²) in [6, 6.07) is 0. The van der Waals surface area contributed by atoms with E-state index in [0.29, 0.717) is 18.2 Å². The normalized spacial score (nSPS) is 22.9. The average Bonchev–Trinajstić information content (AvgIpc) is 3.03. The van der Waals surface area contributed by atoms with E-state index in [0.717, 1.165) is 6.42 Å². The van der Waals surface area contributed by atoms with Crippen molar-refractivity contribution in [2.45, 2.75) is 39.4 Å². The van der Waals surface area contributed by atoms with Crippen molar-refractivity contribution in [2.75, 3.05) is 13.1 Å². The summed E-state index contributed by atoms with van der Waals surface area (Å²) < 4.78 is 43.8. The van der Waals surface area contributed by atoms with Gasteiger partial charge in [-0.05, 0) is 12.3 Å². The Balaban J connectivity index is 1.97. The molecule has 0 aromatic carbocycles. The third-order valence-corrected chi connectivity index (χ3v) is 3.95. The van der Waals surface area contributed by atoms with Crippen LogP contribution in [0, 0.1) is 17.8 Å². The Morgan fingerprint density at radius 2 is 2.13 bits per heavy atom. The Morgan fingerprint density at radius 1 is 1.43 bits per heavy atom. The number of carboxylic acid groups (broad SMARTS) is 1. The molecular formula is C14H20F3N3O3. The number of aromatic nitrogens is 2. The second kappa shape index (κ2) is 6.86. The lowest BCUT2D eigenvalue weighted by atomic mass is 9.96. The highest BCUT2D eigenvalue weighted by atomic mass is 19.4. The van der Waals surface area contributed by atoms with Gasteiger partial charge in [-0.2, -0.15) is 18.2 Å². The van der Waals surface area contributed by atoms with E-state index >= 15 is 0 Å². The zero-order valence-corrected chi connectivity index (χ0v) is 13.0. The third-order valence-electron chi connectivity index (χ3n) is 3.95. The summed E-state index contributed by atoms with van der Waals surface area (Å²) in [4.78, 5) is 16.6. The number of nitrogens with zero attached hydrogens (tertiary/aromatic N) is 3. The monoisotopic (exact) mass is 335 g/mol. The predicted octanol–water partition coefficient (Wildman–Crippen LogP) is 2.35. The molecule has 1 N–H and O–H groups in total. The largest absolute Gasteiger partial charge is 0.481 e. The molecule has 1 saturated heterocycles. The van der Waals surface area contributed by atoms with Crippen molar-refractivity contribution < 1.29 is 27.6 Å². The SMILES string of the molecule is CC(C)CCc1noc(CN2C[C@@H](C(F)(F)F)[C@H](C(=O)O)C2)n1. The van der Waals surface area contributed by atoms with Crippen LogP contribution in [0.25, 0.3) is 0 Å². The van der Waals surface area contributed by atoms with Crippen LogP contribution in [-0.2, 0) is 17.8 Å². The Hall–Kier alpha value is -1.64. The smallest absolute Gasteiger partial charge is 0.393 e. The standard InChI is InChI=1S/C14H20F3N3O3/c1-8(2)3-4-11-18-12(23-19-11)7-20-5-9(13(21)22)10(6-20)14(15,16)17/h8-10H,3-7H2,1-2H3,(H,21,22)/t9-,10-/m1/s1. The van der Waals surface area contributed by atoms with E-state index < -0.39 is 24.0 Å². The van der Waals surface area contributed by atoms with E-state index in [-0.39, 0.29) is 25.5 Å². The maximum Gasteiger partial charge on any atom is 0.393 e. The molecule has 2 rings (SSSR count). The van der Waals surface area contributed by atoms with Crippen molar-refractivity contribution in [1.82, 2.24) is 15.0 Å². The minimum absolute atomic E-state index is 0.0328. The van der Waals surface area contributed by atoms with Crippen LogP contribution in [0.2, 0.25) is 0 Å². The van der Waals surface area contributed by atoms with Gasteiger partial charge >= 0.3 is 12.1 Å². The van der Waals surface area contributed by atoms with E-state index in [1.165, 1.54) is 4.90 Å². The summed E-state index contributed by atoms with van der Waals surface area (Å²) in [6.45, 7) is 3.61. The van der Waals surface area contributed by atoms with Crippen molar-refractivity contribution in [1.29, 1.82) is 0 Å². The molecule has 0 saturated carbocycles. The summed E-state index contributed by atoms with van der Waals surface area (Å²) in [6.07, 6.45) is -3.00. The highest BCUT2D eigenvalue weighted by molar-refractivity contribution is 5.71. The number of halogens is 3. The highest BCUT2D eigenvalue weighted by Crippen LogP contribution is 2.38. The van der Waals surface area contributed by atoms with E-state index in [4.69, 9.17) is 9.63 Å². The number of aliphatic carboxylic acids is 1. The fourth-order valence-electron chi connectivity index (χ4n) is 2.66. The van der Waals surface area contributed by atoms with Crippen LogP contribution >= 0.6 is 0 Å². The van der Waals surface area contributed by atoms with Crippen LogP contribution in [0.1, 0.15) is 32.0 Å². The minimum atomic E-state index is -4.53. The summed E-state index contributed by atoms with van der Waals surface area (Å²) in [5.41, 5.74) is 0. The minimum Gasteiger partial charge on any atom is -0.481 e. The molecular weight excluding hydrogens is 315 g/mol. The van der Waals surface area contributed by atoms with Gasteiger partial charge in [-0.15, -0.1) is 0 Å². The maximum atomic E-state index is 12.9. The molecule has 1 aliphatic heterocycles. The molecule has 0 spiro atoms. The second-order valence-corrected chi connectivity index (χ2v) is 6.32. The Kier molecular flexibility index (Phi) is 5.28. The van der Waals surface area contributed by atoms with Gasteiger partial charge in [0.05, 0.1) is 18.4 Å². The van der Waals surface area contributed by atoms with E-state index in [2.05, 4.69) is 24.0 Å². The molecule has 23 heavy (non-hydrogen) atoms. The Labute approximate surface area is 131 Å². The van der Waals surface area contributed by atoms with Gasteiger partial charge < -0.3 is 9.63 Å². The predicted molar refractivity (Wildman–Crippen MR) is 73.4 cm³/mol. The molecule has 0 amide bonds. The van der Waals surface area contributed by atoms with Gasteiger partial charge in [-0.25, -0.2) is 0 Å². The van der Waals surface area contributed by atoms with Gasteiger partial charge in [0.2, 0.25) is 5.89 Å². The fourth-order valence-corrected chi connectivity index (χ4v) is 2.66. The van der Waals surface area contributed by atoms with E-state index in [1.54, 1.807) is 0 Å². The zero-order valence-electron chi connectivity index (χ0n) is 13.0. The number of alkyl halides is 3. The first-order valence-corrected chi connectivity index (χ1v) is 7.50. The molecule has 1 aliphatic rings. The van der Waals surface area contributed by atoms with Gasteiger partial charge in [-0.1, -0.05) is 19.0 Å². The number of rotatable bonds is 6. The molecule has 0 bridgehead atoms. The van der Waals surface area contributed by atoms with Gasteiger partial charge in [0.1, 0.15) is 0 Å². The number of hydrogen-bond donors (Lipinski definition) is 1. The summed E-state index contributed by atoms with van der Waals surface area (Å²) in [5, 5.41) is 12.8. The Morgan fingerprint density at radius 3 is 2.65 bits per heavy atom. The lowest BCUT2D eigenvalue weighted by molar-refractivity contribution is -0.188. The van der Waals surface area contributed by atoms with Crippen molar-refractivity contribution in [3.8, 4) is 0 Å². The van der Waals surface area contributed by atoms with Crippen LogP contribution in [0.15, 0.2) is 4.52 Å². The molecule has 0 radical (unpaired) electrons. The highest BCUT2D eigenvalue weighted by Gasteiger charge is 2.52. The number of likely N-dealkylation sites (tertiary alicyclic amines) is 1. The lowest BCUT2D eigenvalue weighted by Gasteiger charge is -2.17. The number of carbonyl (C=O) groups is 1. The Bertz CT molecular complexity index is 545. The average molecular weight is 335 g/mol. The summed E-state index contributed by atoms with van der Waals surface area (Å²) >= 11 is 0. The van der Waals surface area contributed by atoms with E-state index in [9.17, 15) is 18.0 Å². The van der Waals surface area contributed by atoms with Crippen LogP contribution in [0.4, 0.5) is 13.2 Å². The number of carboxylic acids is 1. The zero-order chi connectivity index (χ0) is 17.2. The lowest BCUT2D eigenvalue weighted by Crippen LogP contribution is -2.33. The van der Waals surface area contributed by atoms with Crippen molar-refractivity contribution in [2.24, 2.45) is 17.8 Å². The first-order valence-electron chi connectivity index (χ1n) is 7.50. The van der Waals surface area contributed by atoms with Gasteiger partial charge in [0, 0.05) is 19.5 Å². The van der Waals surface area contributed by atoms with Crippen molar-refractivity contribution >= 4 is 5.97 Å². The molecule has 6 nitrogen and oxygen atoms in total. The van der Waals surface area contributed by atoms with Gasteiger partial charge in [-0.3, -0.25) is 9.69 Å². The maximum absolute atomic E-state index is 12.9. The fraction of sp³-hybridized carbons (Fsp3) is 0.786. The molecule has 9 heteroatoms. The quantitative estimate of drug-likeness (QED) is 0.860. The van der Waals surface area contributed by atoms with Crippen LogP contribution in [0.3, 0.4) is 0 Å². The summed E-state index contributed by atoms with van der Waals surface area (Å²) in [5.74, 6) is -3.54. The van der Waals surface area contributed by atoms with Gasteiger partial charge in [0.15, 0.2) is 5.82 Å². The first-order chi connectivity index (χ1) is 10.7. The van der Waals surface area contributed by atoms with Crippen molar-refractivity contribution in [3.63, 3.8) is 0 Å². The molecule has 1 fully saturated rings. The molecule has 2 heterocycles. The third kappa shape index (κ3) is 4.66. The molecule has 0 unspecified atom stereocenters. The molecule has 0 aliphatic carbocycles. The number of hydrogen-bond acceptors (Lipinski definition) is 5. The van der Waals surface area contributed by atoms with Crippen LogP contribution < -0.4 is 0 Å². The second-order valence-electron chi connectivity index (χ2n) is 6.32. The summed E-state index contributed by atoms with van der Waals surface area (Å²) in [7, 11) is 0. The molecule has 1 aromatic heterocycles. The van der Waals surface area contributed by atoms with E-state index in [1.807, 2.05) is 0 Å². The molecule has 1 aromatic rings. The first kappa shape index (κ1) is 17.7. The van der Waals surface area contributed by atoms with Crippen molar-refractivity contribution in [3.05, 3.63) is 11.7 Å². The topological polar surface area (TPSA) is 79.5 Å².